The van der Waals surface area contributed by atoms with Crippen molar-refractivity contribution in [3.8, 4) is 11.4 Å². The summed E-state index contributed by atoms with van der Waals surface area (Å²) in [7, 11) is 0. The minimum absolute atomic E-state index is 0.0930. The molecule has 1 aliphatic rings. The number of pyridine rings is 1. The standard InChI is InChI=1S/C22H21N7O3S/c1-13-7-8-14(11-23-13)19-25-20(27-22(30)17-9-10-18(33-17)29(31)32)16-12-24-28(21(16)26-19)15-5-3-2-4-6-15/h7-12,15H,2-6H2,1H3,(H,25,26,27,30). The number of hydrogen-bond acceptors (Lipinski definition) is 8. The number of carbonyl (C=O) groups excluding carboxylic acids is 1. The third-order valence-corrected chi connectivity index (χ3v) is 6.81. The van der Waals surface area contributed by atoms with Crippen LogP contribution in [0.5, 0.6) is 0 Å². The molecule has 1 N–H and O–H groups in total. The molecule has 0 bridgehead atoms. The highest BCUT2D eigenvalue weighted by atomic mass is 32.1. The van der Waals surface area contributed by atoms with Crippen LogP contribution >= 0.6 is 11.3 Å². The molecule has 0 spiro atoms. The van der Waals surface area contributed by atoms with Crippen molar-refractivity contribution < 1.29 is 9.72 Å². The van der Waals surface area contributed by atoms with Gasteiger partial charge in [-0.1, -0.05) is 30.6 Å². The Kier molecular flexibility index (Phi) is 5.55. The number of nitro groups is 1. The van der Waals surface area contributed by atoms with E-state index in [1.165, 1.54) is 18.6 Å². The fraction of sp³-hybridized carbons (Fsp3) is 0.318. The predicted octanol–water partition coefficient (Wildman–Crippen LogP) is 4.92. The van der Waals surface area contributed by atoms with Crippen molar-refractivity contribution in [1.82, 2.24) is 24.7 Å². The fourth-order valence-electron chi connectivity index (χ4n) is 4.06. The Bertz CT molecular complexity index is 1340. The second-order valence-electron chi connectivity index (χ2n) is 8.05. The molecule has 168 valence electrons. The molecule has 11 heteroatoms. The van der Waals surface area contributed by atoms with Crippen LogP contribution in [0.1, 0.15) is 53.5 Å². The minimum Gasteiger partial charge on any atom is -0.305 e. The number of hydrogen-bond donors (Lipinski definition) is 1. The van der Waals surface area contributed by atoms with Crippen molar-refractivity contribution in [2.45, 2.75) is 45.1 Å². The number of nitrogens with zero attached hydrogens (tertiary/aromatic N) is 6. The highest BCUT2D eigenvalue weighted by molar-refractivity contribution is 7.17. The summed E-state index contributed by atoms with van der Waals surface area (Å²) in [4.78, 5) is 37.3. The summed E-state index contributed by atoms with van der Waals surface area (Å²) in [6.45, 7) is 1.90. The van der Waals surface area contributed by atoms with Crippen LogP contribution in [-0.4, -0.2) is 35.6 Å². The summed E-state index contributed by atoms with van der Waals surface area (Å²) in [5, 5.41) is 18.9. The average molecular weight is 464 g/mol. The van der Waals surface area contributed by atoms with E-state index in [-0.39, 0.29) is 15.9 Å². The number of rotatable bonds is 5. The summed E-state index contributed by atoms with van der Waals surface area (Å²) in [5.41, 5.74) is 2.25. The zero-order chi connectivity index (χ0) is 22.9. The maximum atomic E-state index is 12.9. The van der Waals surface area contributed by atoms with E-state index < -0.39 is 10.8 Å². The monoisotopic (exact) mass is 463 g/mol. The van der Waals surface area contributed by atoms with Crippen LogP contribution in [0.25, 0.3) is 22.4 Å². The van der Waals surface area contributed by atoms with E-state index in [0.717, 1.165) is 48.3 Å². The van der Waals surface area contributed by atoms with Gasteiger partial charge in [0.25, 0.3) is 5.91 Å². The Hall–Kier alpha value is -3.73. The van der Waals surface area contributed by atoms with Crippen LogP contribution in [0.4, 0.5) is 10.8 Å². The van der Waals surface area contributed by atoms with Crippen LogP contribution in [0, 0.1) is 17.0 Å². The molecule has 0 unspecified atom stereocenters. The molecule has 1 aliphatic carbocycles. The van der Waals surface area contributed by atoms with Crippen LogP contribution in [-0.2, 0) is 0 Å². The van der Waals surface area contributed by atoms with Gasteiger partial charge in [0.2, 0.25) is 0 Å². The lowest BCUT2D eigenvalue weighted by atomic mass is 9.96. The van der Waals surface area contributed by atoms with E-state index >= 15 is 0 Å². The lowest BCUT2D eigenvalue weighted by Crippen LogP contribution is -2.16. The van der Waals surface area contributed by atoms with Gasteiger partial charge in [0.15, 0.2) is 11.5 Å². The molecule has 33 heavy (non-hydrogen) atoms. The maximum absolute atomic E-state index is 12.9. The Morgan fingerprint density at radius 3 is 2.67 bits per heavy atom. The van der Waals surface area contributed by atoms with E-state index in [4.69, 9.17) is 4.98 Å². The normalized spacial score (nSPS) is 14.5. The first-order chi connectivity index (χ1) is 16.0. The van der Waals surface area contributed by atoms with Crippen LogP contribution in [0.15, 0.2) is 36.7 Å². The van der Waals surface area contributed by atoms with Gasteiger partial charge in [-0.05, 0) is 38.0 Å². The lowest BCUT2D eigenvalue weighted by molar-refractivity contribution is -0.380. The molecular formula is C22H21N7O3S. The molecule has 0 aliphatic heterocycles. The molecule has 1 fully saturated rings. The van der Waals surface area contributed by atoms with Crippen molar-refractivity contribution >= 4 is 39.1 Å². The largest absolute Gasteiger partial charge is 0.324 e. The summed E-state index contributed by atoms with van der Waals surface area (Å²) in [6, 6.07) is 6.77. The highest BCUT2D eigenvalue weighted by Gasteiger charge is 2.23. The van der Waals surface area contributed by atoms with E-state index in [1.807, 2.05) is 23.7 Å². The van der Waals surface area contributed by atoms with Crippen molar-refractivity contribution in [3.63, 3.8) is 0 Å². The molecule has 1 saturated carbocycles. The van der Waals surface area contributed by atoms with Crippen LogP contribution in [0.3, 0.4) is 0 Å². The molecule has 0 aromatic carbocycles. The molecule has 10 nitrogen and oxygen atoms in total. The minimum atomic E-state index is -0.513. The molecule has 4 aromatic heterocycles. The van der Waals surface area contributed by atoms with Crippen molar-refractivity contribution in [2.24, 2.45) is 0 Å². The smallest absolute Gasteiger partial charge is 0.305 e. The molecule has 4 heterocycles. The second-order valence-corrected chi connectivity index (χ2v) is 9.11. The Morgan fingerprint density at radius 1 is 1.15 bits per heavy atom. The Balaban J connectivity index is 1.58. The molecule has 1 amide bonds. The Labute approximate surface area is 192 Å². The van der Waals surface area contributed by atoms with Gasteiger partial charge < -0.3 is 5.32 Å². The van der Waals surface area contributed by atoms with E-state index in [9.17, 15) is 14.9 Å². The van der Waals surface area contributed by atoms with Crippen molar-refractivity contribution in [2.75, 3.05) is 5.32 Å². The molecular weight excluding hydrogens is 442 g/mol. The topological polar surface area (TPSA) is 129 Å². The number of aryl methyl sites for hydroxylation is 1. The number of aromatic nitrogens is 5. The number of fused-ring (bicyclic) bond motifs is 1. The van der Waals surface area contributed by atoms with Crippen molar-refractivity contribution in [1.29, 1.82) is 0 Å². The van der Waals surface area contributed by atoms with Gasteiger partial charge in [-0.3, -0.25) is 19.9 Å². The summed E-state index contributed by atoms with van der Waals surface area (Å²) in [5.74, 6) is 0.283. The van der Waals surface area contributed by atoms with Gasteiger partial charge in [0.1, 0.15) is 5.82 Å². The zero-order valence-electron chi connectivity index (χ0n) is 17.9. The first kappa shape index (κ1) is 21.1. The van der Waals surface area contributed by atoms with Gasteiger partial charge >= 0.3 is 5.00 Å². The van der Waals surface area contributed by atoms with Gasteiger partial charge in [-0.25, -0.2) is 14.6 Å². The molecule has 4 aromatic rings. The SMILES string of the molecule is Cc1ccc(-c2nc(NC(=O)c3ccc([N+](=O)[O-])s3)c3cnn(C4CCCCC4)c3n2)cn1. The zero-order valence-corrected chi connectivity index (χ0v) is 18.7. The van der Waals surface area contributed by atoms with Crippen molar-refractivity contribution in [3.05, 3.63) is 57.3 Å². The molecule has 0 radical (unpaired) electrons. The summed E-state index contributed by atoms with van der Waals surface area (Å²) >= 11 is 0.818. The van der Waals surface area contributed by atoms with Crippen LogP contribution in [0.2, 0.25) is 0 Å². The molecule has 0 atom stereocenters. The molecule has 5 rings (SSSR count). The maximum Gasteiger partial charge on any atom is 0.324 e. The summed E-state index contributed by atoms with van der Waals surface area (Å²) in [6.07, 6.45) is 8.95. The number of carbonyl (C=O) groups is 1. The predicted molar refractivity (Wildman–Crippen MR) is 124 cm³/mol. The second kappa shape index (κ2) is 8.66. The number of thiophene rings is 1. The van der Waals surface area contributed by atoms with Gasteiger partial charge in [-0.15, -0.1) is 0 Å². The average Bonchev–Trinajstić information content (AvgIpc) is 3.48. The number of amides is 1. The number of anilines is 1. The third kappa shape index (κ3) is 4.19. The van der Waals surface area contributed by atoms with Gasteiger partial charge in [0, 0.05) is 23.5 Å². The molecule has 0 saturated heterocycles. The first-order valence-electron chi connectivity index (χ1n) is 10.7. The summed E-state index contributed by atoms with van der Waals surface area (Å²) < 4.78 is 1.94. The quantitative estimate of drug-likeness (QED) is 0.328. The van der Waals surface area contributed by atoms with Gasteiger partial charge in [0.05, 0.1) is 27.4 Å². The van der Waals surface area contributed by atoms with E-state index in [1.54, 1.807) is 12.4 Å². The Morgan fingerprint density at radius 2 is 1.97 bits per heavy atom. The van der Waals surface area contributed by atoms with E-state index in [0.29, 0.717) is 22.7 Å². The number of nitrogens with one attached hydrogen (secondary N) is 1. The van der Waals surface area contributed by atoms with Gasteiger partial charge in [-0.2, -0.15) is 5.10 Å². The third-order valence-electron chi connectivity index (χ3n) is 5.77. The lowest BCUT2D eigenvalue weighted by Gasteiger charge is -2.22. The van der Waals surface area contributed by atoms with Crippen LogP contribution < -0.4 is 5.32 Å². The first-order valence-corrected chi connectivity index (χ1v) is 11.5. The van der Waals surface area contributed by atoms with E-state index in [2.05, 4.69) is 20.4 Å². The fourth-order valence-corrected chi connectivity index (χ4v) is 4.78. The highest BCUT2D eigenvalue weighted by Crippen LogP contribution is 2.33.